The summed E-state index contributed by atoms with van der Waals surface area (Å²) in [5, 5.41) is 0. The Labute approximate surface area is 80.0 Å². The van der Waals surface area contributed by atoms with E-state index in [1.165, 1.54) is 5.56 Å². The maximum absolute atomic E-state index is 3.71. The lowest BCUT2D eigenvalue weighted by Gasteiger charge is -2.03. The van der Waals surface area contributed by atoms with Gasteiger partial charge in [-0.2, -0.15) is 0 Å². The van der Waals surface area contributed by atoms with Crippen LogP contribution in [-0.4, -0.2) is 19.0 Å². The normalized spacial score (nSPS) is 10.3. The van der Waals surface area contributed by atoms with Gasteiger partial charge in [-0.25, -0.2) is 0 Å². The highest BCUT2D eigenvalue weighted by molar-refractivity contribution is 5.54. The van der Waals surface area contributed by atoms with Gasteiger partial charge in [0.05, 0.1) is 0 Å². The highest BCUT2D eigenvalue weighted by Gasteiger charge is 1.86. The van der Waals surface area contributed by atoms with Gasteiger partial charge in [-0.3, -0.25) is 0 Å². The van der Waals surface area contributed by atoms with E-state index in [4.69, 9.17) is 0 Å². The predicted molar refractivity (Wildman–Crippen MR) is 59.3 cm³/mol. The zero-order valence-electron chi connectivity index (χ0n) is 8.20. The first-order valence-electron chi connectivity index (χ1n) is 4.29. The molecule has 1 aromatic carbocycles. The molecule has 0 saturated heterocycles. The lowest BCUT2D eigenvalue weighted by molar-refractivity contribution is 0.567. The van der Waals surface area contributed by atoms with Crippen molar-refractivity contribution in [3.63, 3.8) is 0 Å². The number of hydrogen-bond donors (Lipinski definition) is 0. The van der Waals surface area contributed by atoms with E-state index in [0.717, 1.165) is 5.56 Å². The molecule has 0 unspecified atom stereocenters. The third kappa shape index (κ3) is 3.16. The molecule has 0 N–H and O–H groups in total. The lowest BCUT2D eigenvalue weighted by atomic mass is 10.1. The van der Waals surface area contributed by atoms with E-state index in [-0.39, 0.29) is 0 Å². The van der Waals surface area contributed by atoms with Crippen LogP contribution >= 0.6 is 0 Å². The number of nitrogens with zero attached hydrogens (tertiary/aromatic N) is 1. The fourth-order valence-electron chi connectivity index (χ4n) is 0.978. The van der Waals surface area contributed by atoms with Crippen molar-refractivity contribution in [2.24, 2.45) is 0 Å². The zero-order valence-corrected chi connectivity index (χ0v) is 8.20. The Morgan fingerprint density at radius 3 is 2.08 bits per heavy atom. The summed E-state index contributed by atoms with van der Waals surface area (Å²) in [6.45, 7) is 3.71. The van der Waals surface area contributed by atoms with Gasteiger partial charge in [-0.05, 0) is 23.4 Å². The van der Waals surface area contributed by atoms with E-state index in [1.807, 2.05) is 31.3 Å². The molecule has 0 aliphatic carbocycles. The zero-order chi connectivity index (χ0) is 9.68. The third-order valence-electron chi connectivity index (χ3n) is 1.74. The summed E-state index contributed by atoms with van der Waals surface area (Å²) in [6, 6.07) is 8.28. The second-order valence-electron chi connectivity index (χ2n) is 3.15. The Bertz CT molecular complexity index is 293. The second-order valence-corrected chi connectivity index (χ2v) is 3.15. The summed E-state index contributed by atoms with van der Waals surface area (Å²) < 4.78 is 0. The van der Waals surface area contributed by atoms with Gasteiger partial charge in [0.1, 0.15) is 0 Å². The summed E-state index contributed by atoms with van der Waals surface area (Å²) in [4.78, 5) is 2.02. The predicted octanol–water partition coefficient (Wildman–Crippen LogP) is 2.86. The summed E-state index contributed by atoms with van der Waals surface area (Å²) >= 11 is 0. The minimum Gasteiger partial charge on any atom is -0.383 e. The van der Waals surface area contributed by atoms with Crippen molar-refractivity contribution < 1.29 is 0 Å². The molecule has 0 heterocycles. The quantitative estimate of drug-likeness (QED) is 0.679. The fraction of sp³-hybridized carbons (Fsp3) is 0.167. The van der Waals surface area contributed by atoms with Crippen LogP contribution in [0.2, 0.25) is 0 Å². The van der Waals surface area contributed by atoms with Gasteiger partial charge in [0.25, 0.3) is 0 Å². The molecular weight excluding hydrogens is 158 g/mol. The first-order valence-corrected chi connectivity index (χ1v) is 4.29. The first-order chi connectivity index (χ1) is 6.22. The Morgan fingerprint density at radius 1 is 1.08 bits per heavy atom. The van der Waals surface area contributed by atoms with E-state index in [0.29, 0.717) is 0 Å². The number of benzene rings is 1. The van der Waals surface area contributed by atoms with Crippen LogP contribution in [0.4, 0.5) is 0 Å². The molecule has 1 aromatic rings. The van der Waals surface area contributed by atoms with Gasteiger partial charge < -0.3 is 4.90 Å². The molecule has 0 atom stereocenters. The molecule has 0 radical (unpaired) electrons. The van der Waals surface area contributed by atoms with Crippen molar-refractivity contribution in [2.75, 3.05) is 14.1 Å². The number of hydrogen-bond acceptors (Lipinski definition) is 1. The van der Waals surface area contributed by atoms with Crippen LogP contribution in [0.1, 0.15) is 11.1 Å². The van der Waals surface area contributed by atoms with E-state index in [9.17, 15) is 0 Å². The smallest absolute Gasteiger partial charge is 0.00556 e. The summed E-state index contributed by atoms with van der Waals surface area (Å²) in [5.41, 5.74) is 2.36. The lowest BCUT2D eigenvalue weighted by Crippen LogP contribution is -1.99. The molecule has 0 aliphatic heterocycles. The van der Waals surface area contributed by atoms with Crippen LogP contribution in [0, 0.1) is 0 Å². The molecule has 1 nitrogen and oxygen atoms in total. The Balaban J connectivity index is 2.75. The van der Waals surface area contributed by atoms with Gasteiger partial charge >= 0.3 is 0 Å². The highest BCUT2D eigenvalue weighted by atomic mass is 15.0. The average molecular weight is 173 g/mol. The molecule has 1 heteroatoms. The molecule has 0 saturated carbocycles. The SMILES string of the molecule is C=Cc1ccc(C=CN(C)C)cc1. The molecule has 0 aliphatic rings. The molecule has 0 fully saturated rings. The van der Waals surface area contributed by atoms with Gasteiger partial charge in [-0.1, -0.05) is 36.9 Å². The van der Waals surface area contributed by atoms with Crippen LogP contribution in [0.25, 0.3) is 12.2 Å². The minimum absolute atomic E-state index is 1.15. The van der Waals surface area contributed by atoms with E-state index >= 15 is 0 Å². The summed E-state index contributed by atoms with van der Waals surface area (Å²) in [6.07, 6.45) is 5.95. The van der Waals surface area contributed by atoms with Crippen LogP contribution in [0.15, 0.2) is 37.0 Å². The first kappa shape index (κ1) is 9.59. The third-order valence-corrected chi connectivity index (χ3v) is 1.74. The summed E-state index contributed by atoms with van der Waals surface area (Å²) in [5.74, 6) is 0. The molecule has 13 heavy (non-hydrogen) atoms. The van der Waals surface area contributed by atoms with Crippen molar-refractivity contribution in [2.45, 2.75) is 0 Å². The van der Waals surface area contributed by atoms with E-state index in [2.05, 4.69) is 36.9 Å². The van der Waals surface area contributed by atoms with Gasteiger partial charge in [0.15, 0.2) is 0 Å². The van der Waals surface area contributed by atoms with Crippen molar-refractivity contribution in [1.82, 2.24) is 4.90 Å². The second kappa shape index (κ2) is 4.51. The van der Waals surface area contributed by atoms with Gasteiger partial charge in [0, 0.05) is 14.1 Å². The molecular formula is C12H15N. The van der Waals surface area contributed by atoms with Crippen molar-refractivity contribution in [1.29, 1.82) is 0 Å². The molecule has 0 aromatic heterocycles. The maximum atomic E-state index is 3.71. The highest BCUT2D eigenvalue weighted by Crippen LogP contribution is 2.06. The average Bonchev–Trinajstić information content (AvgIpc) is 2.15. The monoisotopic (exact) mass is 173 g/mol. The van der Waals surface area contributed by atoms with Crippen LogP contribution in [0.5, 0.6) is 0 Å². The Morgan fingerprint density at radius 2 is 1.62 bits per heavy atom. The van der Waals surface area contributed by atoms with Crippen molar-refractivity contribution in [3.05, 3.63) is 48.2 Å². The van der Waals surface area contributed by atoms with Crippen LogP contribution in [0.3, 0.4) is 0 Å². The van der Waals surface area contributed by atoms with Gasteiger partial charge in [0.2, 0.25) is 0 Å². The summed E-state index contributed by atoms with van der Waals surface area (Å²) in [7, 11) is 4.02. The molecule has 0 spiro atoms. The van der Waals surface area contributed by atoms with E-state index < -0.39 is 0 Å². The Hall–Kier alpha value is -1.50. The fourth-order valence-corrected chi connectivity index (χ4v) is 0.978. The Kier molecular flexibility index (Phi) is 3.32. The molecule has 0 amide bonds. The minimum atomic E-state index is 1.15. The van der Waals surface area contributed by atoms with E-state index in [1.54, 1.807) is 0 Å². The van der Waals surface area contributed by atoms with Crippen LogP contribution in [-0.2, 0) is 0 Å². The van der Waals surface area contributed by atoms with Gasteiger partial charge in [-0.15, -0.1) is 0 Å². The van der Waals surface area contributed by atoms with Crippen molar-refractivity contribution >= 4 is 12.2 Å². The van der Waals surface area contributed by atoms with Crippen LogP contribution < -0.4 is 0 Å². The molecule has 1 rings (SSSR count). The molecule has 0 bridgehead atoms. The van der Waals surface area contributed by atoms with Crippen molar-refractivity contribution in [3.8, 4) is 0 Å². The maximum Gasteiger partial charge on any atom is 0.00556 e. The standard InChI is InChI=1S/C12H15N/c1-4-11-5-7-12(8-6-11)9-10-13(2)3/h4-10H,1H2,2-3H3. The largest absolute Gasteiger partial charge is 0.383 e. The molecule has 68 valence electrons. The number of rotatable bonds is 3. The topological polar surface area (TPSA) is 3.24 Å².